The van der Waals surface area contributed by atoms with Gasteiger partial charge in [-0.3, -0.25) is 4.79 Å². The third kappa shape index (κ3) is 5.77. The molecule has 0 spiro atoms. The number of alkyl halides is 3. The molecule has 0 fully saturated rings. The molecule has 2 N–H and O–H groups in total. The maximum absolute atomic E-state index is 12.5. The summed E-state index contributed by atoms with van der Waals surface area (Å²) in [7, 11) is 0. The summed E-state index contributed by atoms with van der Waals surface area (Å²) in [5.74, 6) is 0.964. The number of amides is 1. The highest BCUT2D eigenvalue weighted by atomic mass is 35.5. The number of benzene rings is 1. The lowest BCUT2D eigenvalue weighted by Gasteiger charge is -2.19. The number of nitrogens with zero attached hydrogens (tertiary/aromatic N) is 1. The van der Waals surface area contributed by atoms with Gasteiger partial charge in [0.1, 0.15) is 19.0 Å². The van der Waals surface area contributed by atoms with Gasteiger partial charge in [0.15, 0.2) is 11.5 Å². The van der Waals surface area contributed by atoms with Crippen LogP contribution in [0, 0.1) is 0 Å². The lowest BCUT2D eigenvalue weighted by Crippen LogP contribution is -2.27. The molecule has 0 atom stereocenters. The first-order valence-electron chi connectivity index (χ1n) is 8.65. The largest absolute Gasteiger partial charge is 0.486 e. The third-order valence-corrected chi connectivity index (χ3v) is 4.15. The Kier molecular flexibility index (Phi) is 6.48. The van der Waals surface area contributed by atoms with E-state index in [0.29, 0.717) is 41.8 Å². The predicted molar refractivity (Wildman–Crippen MR) is 102 cm³/mol. The molecule has 0 bridgehead atoms. The maximum atomic E-state index is 12.5. The van der Waals surface area contributed by atoms with Crippen molar-refractivity contribution < 1.29 is 27.4 Å². The van der Waals surface area contributed by atoms with E-state index in [2.05, 4.69) is 15.6 Å². The van der Waals surface area contributed by atoms with Crippen LogP contribution in [0.2, 0.25) is 5.02 Å². The molecule has 0 unspecified atom stereocenters. The number of halogens is 4. The summed E-state index contributed by atoms with van der Waals surface area (Å²) in [5.41, 5.74) is -0.137. The minimum absolute atomic E-state index is 0.258. The molecule has 0 saturated carbocycles. The second-order valence-corrected chi connectivity index (χ2v) is 6.42. The first kappa shape index (κ1) is 20.8. The fourth-order valence-electron chi connectivity index (χ4n) is 2.50. The average Bonchev–Trinajstić information content (AvgIpc) is 2.69. The van der Waals surface area contributed by atoms with Crippen LogP contribution in [0.5, 0.6) is 11.5 Å². The van der Waals surface area contributed by atoms with Crippen LogP contribution in [-0.4, -0.2) is 37.2 Å². The Morgan fingerprint density at radius 1 is 1.21 bits per heavy atom. The van der Waals surface area contributed by atoms with E-state index in [-0.39, 0.29) is 18.3 Å². The molecule has 3 rings (SSSR count). The molecule has 154 valence electrons. The third-order valence-electron chi connectivity index (χ3n) is 3.87. The molecule has 0 saturated heterocycles. The van der Waals surface area contributed by atoms with Gasteiger partial charge in [0.2, 0.25) is 5.91 Å². The second kappa shape index (κ2) is 9.04. The standard InChI is InChI=1S/C19H17ClF3N3O3/c20-14-9-12(10-15-18(14)29-8-7-28-15)1-4-17(27)25-6-5-24-16-3-2-13(11-26-16)19(21,22)23/h1-4,9-11H,5-8H2,(H,24,26)(H,25,27)/b4-1+. The van der Waals surface area contributed by atoms with Gasteiger partial charge in [-0.15, -0.1) is 0 Å². The number of hydrogen-bond donors (Lipinski definition) is 2. The fourth-order valence-corrected chi connectivity index (χ4v) is 2.77. The summed E-state index contributed by atoms with van der Waals surface area (Å²) >= 11 is 6.14. The number of fused-ring (bicyclic) bond motifs is 1. The Balaban J connectivity index is 1.45. The quantitative estimate of drug-likeness (QED) is 0.542. The highest BCUT2D eigenvalue weighted by Gasteiger charge is 2.30. The van der Waals surface area contributed by atoms with Crippen molar-refractivity contribution in [3.05, 3.63) is 52.7 Å². The summed E-state index contributed by atoms with van der Waals surface area (Å²) in [6.45, 7) is 1.42. The van der Waals surface area contributed by atoms with Crippen molar-refractivity contribution in [2.24, 2.45) is 0 Å². The van der Waals surface area contributed by atoms with Crippen LogP contribution in [0.3, 0.4) is 0 Å². The highest BCUT2D eigenvalue weighted by Crippen LogP contribution is 2.38. The van der Waals surface area contributed by atoms with Crippen molar-refractivity contribution in [1.82, 2.24) is 10.3 Å². The van der Waals surface area contributed by atoms with Crippen LogP contribution < -0.4 is 20.1 Å². The van der Waals surface area contributed by atoms with E-state index in [1.807, 2.05) is 0 Å². The number of carbonyl (C=O) groups excluding carboxylic acids is 1. The molecule has 1 amide bonds. The van der Waals surface area contributed by atoms with Gasteiger partial charge < -0.3 is 20.1 Å². The van der Waals surface area contributed by atoms with Crippen LogP contribution in [-0.2, 0) is 11.0 Å². The van der Waals surface area contributed by atoms with Crippen LogP contribution >= 0.6 is 11.6 Å². The first-order valence-corrected chi connectivity index (χ1v) is 9.03. The van der Waals surface area contributed by atoms with E-state index in [1.54, 1.807) is 18.2 Å². The molecule has 0 aliphatic carbocycles. The van der Waals surface area contributed by atoms with Crippen LogP contribution in [0.15, 0.2) is 36.5 Å². The number of pyridine rings is 1. The van der Waals surface area contributed by atoms with Gasteiger partial charge in [-0.05, 0) is 35.9 Å². The number of nitrogens with one attached hydrogen (secondary N) is 2. The topological polar surface area (TPSA) is 72.5 Å². The van der Waals surface area contributed by atoms with Gasteiger partial charge in [0.25, 0.3) is 0 Å². The first-order chi connectivity index (χ1) is 13.8. The van der Waals surface area contributed by atoms with Crippen molar-refractivity contribution in [2.45, 2.75) is 6.18 Å². The SMILES string of the molecule is O=C(/C=C/c1cc(Cl)c2c(c1)OCCO2)NCCNc1ccc(C(F)(F)F)cn1. The van der Waals surface area contributed by atoms with Crippen LogP contribution in [0.4, 0.5) is 19.0 Å². The predicted octanol–water partition coefficient (Wildman–Crippen LogP) is 3.77. The van der Waals surface area contributed by atoms with Crippen molar-refractivity contribution in [2.75, 3.05) is 31.6 Å². The molecular formula is C19H17ClF3N3O3. The van der Waals surface area contributed by atoms with Gasteiger partial charge in [-0.25, -0.2) is 4.98 Å². The van der Waals surface area contributed by atoms with E-state index >= 15 is 0 Å². The zero-order valence-corrected chi connectivity index (χ0v) is 15.8. The molecule has 2 heterocycles. The minimum Gasteiger partial charge on any atom is -0.486 e. The number of carbonyl (C=O) groups is 1. The molecule has 10 heteroatoms. The zero-order valence-electron chi connectivity index (χ0n) is 15.1. The normalized spacial score (nSPS) is 13.4. The zero-order chi connectivity index (χ0) is 20.9. The molecule has 2 aromatic rings. The summed E-state index contributed by atoms with van der Waals surface area (Å²) in [6, 6.07) is 5.56. The van der Waals surface area contributed by atoms with Gasteiger partial charge in [0, 0.05) is 25.4 Å². The van der Waals surface area contributed by atoms with E-state index in [1.165, 1.54) is 12.1 Å². The minimum atomic E-state index is -4.42. The highest BCUT2D eigenvalue weighted by molar-refractivity contribution is 6.32. The number of hydrogen-bond acceptors (Lipinski definition) is 5. The van der Waals surface area contributed by atoms with Crippen molar-refractivity contribution in [1.29, 1.82) is 0 Å². The monoisotopic (exact) mass is 427 g/mol. The Morgan fingerprint density at radius 2 is 2.00 bits per heavy atom. The van der Waals surface area contributed by atoms with Crippen LogP contribution in [0.25, 0.3) is 6.08 Å². The van der Waals surface area contributed by atoms with Crippen molar-refractivity contribution >= 4 is 29.4 Å². The summed E-state index contributed by atoms with van der Waals surface area (Å²) in [4.78, 5) is 15.6. The van der Waals surface area contributed by atoms with Crippen molar-refractivity contribution in [3.63, 3.8) is 0 Å². The molecule has 6 nitrogen and oxygen atoms in total. The van der Waals surface area contributed by atoms with Crippen molar-refractivity contribution in [3.8, 4) is 11.5 Å². The summed E-state index contributed by atoms with van der Waals surface area (Å²) < 4.78 is 48.4. The summed E-state index contributed by atoms with van der Waals surface area (Å²) in [6.07, 6.45) is -0.738. The maximum Gasteiger partial charge on any atom is 0.417 e. The van der Waals surface area contributed by atoms with Gasteiger partial charge in [0.05, 0.1) is 10.6 Å². The Hall–Kier alpha value is -2.94. The van der Waals surface area contributed by atoms with E-state index in [9.17, 15) is 18.0 Å². The van der Waals surface area contributed by atoms with E-state index in [4.69, 9.17) is 21.1 Å². The number of ether oxygens (including phenoxy) is 2. The van der Waals surface area contributed by atoms with Gasteiger partial charge >= 0.3 is 6.18 Å². The molecular weight excluding hydrogens is 411 g/mol. The fraction of sp³-hybridized carbons (Fsp3) is 0.263. The molecule has 0 radical (unpaired) electrons. The molecule has 1 aromatic carbocycles. The van der Waals surface area contributed by atoms with Gasteiger partial charge in [-0.2, -0.15) is 13.2 Å². The smallest absolute Gasteiger partial charge is 0.417 e. The molecule has 1 aliphatic heterocycles. The number of rotatable bonds is 6. The molecule has 1 aromatic heterocycles. The Labute approximate surface area is 169 Å². The Morgan fingerprint density at radius 3 is 2.72 bits per heavy atom. The van der Waals surface area contributed by atoms with Gasteiger partial charge in [-0.1, -0.05) is 11.6 Å². The summed E-state index contributed by atoms with van der Waals surface area (Å²) in [5, 5.41) is 5.88. The molecule has 1 aliphatic rings. The average molecular weight is 428 g/mol. The van der Waals surface area contributed by atoms with E-state index < -0.39 is 11.7 Å². The van der Waals surface area contributed by atoms with Crippen LogP contribution in [0.1, 0.15) is 11.1 Å². The van der Waals surface area contributed by atoms with E-state index in [0.717, 1.165) is 12.3 Å². The molecule has 29 heavy (non-hydrogen) atoms. The lowest BCUT2D eigenvalue weighted by molar-refractivity contribution is -0.137. The number of aromatic nitrogens is 1. The second-order valence-electron chi connectivity index (χ2n) is 6.01. The number of anilines is 1. The lowest BCUT2D eigenvalue weighted by atomic mass is 10.1. The Bertz CT molecular complexity index is 902.